The molecule has 2 aliphatic rings. The Kier molecular flexibility index (Phi) is 2.80. The Morgan fingerprint density at radius 3 is 2.00 bits per heavy atom. The molecule has 0 aromatic rings. The summed E-state index contributed by atoms with van der Waals surface area (Å²) in [5.74, 6) is 0. The van der Waals surface area contributed by atoms with Crippen LogP contribution in [-0.4, -0.2) is 30.7 Å². The van der Waals surface area contributed by atoms with E-state index in [9.17, 15) is 0 Å². The first-order valence-corrected chi connectivity index (χ1v) is 6.60. The van der Waals surface area contributed by atoms with Crippen molar-refractivity contribution >= 4 is 0 Å². The Hall–Kier alpha value is -0.380. The smallest absolute Gasteiger partial charge is 0.149 e. The standard InChI is InChI=1S/C15H26O3/c1-10-11(2)13(5)15(7,18-9-17-13)14(6,16-8)12(10,3)4/h9H2,1-8H3/t13-,14-,15-/m1/s1. The van der Waals surface area contributed by atoms with Crippen LogP contribution in [-0.2, 0) is 14.2 Å². The molecule has 1 aliphatic carbocycles. The summed E-state index contributed by atoms with van der Waals surface area (Å²) in [6, 6.07) is 0. The zero-order chi connectivity index (χ0) is 14.0. The molecule has 18 heavy (non-hydrogen) atoms. The van der Waals surface area contributed by atoms with Crippen LogP contribution in [0, 0.1) is 5.41 Å². The summed E-state index contributed by atoms with van der Waals surface area (Å²) in [4.78, 5) is 0. The van der Waals surface area contributed by atoms with Crippen LogP contribution in [0.5, 0.6) is 0 Å². The van der Waals surface area contributed by atoms with Crippen molar-refractivity contribution in [3.63, 3.8) is 0 Å². The maximum absolute atomic E-state index is 6.03. The van der Waals surface area contributed by atoms with Crippen molar-refractivity contribution < 1.29 is 14.2 Å². The van der Waals surface area contributed by atoms with Crippen LogP contribution in [0.3, 0.4) is 0 Å². The molecular formula is C15H26O3. The Bertz CT molecular complexity index is 410. The summed E-state index contributed by atoms with van der Waals surface area (Å²) >= 11 is 0. The summed E-state index contributed by atoms with van der Waals surface area (Å²) in [7, 11) is 1.77. The van der Waals surface area contributed by atoms with Gasteiger partial charge in [-0.1, -0.05) is 19.4 Å². The summed E-state index contributed by atoms with van der Waals surface area (Å²) in [5, 5.41) is 0. The van der Waals surface area contributed by atoms with Crippen molar-refractivity contribution in [3.05, 3.63) is 11.1 Å². The topological polar surface area (TPSA) is 27.7 Å². The van der Waals surface area contributed by atoms with Crippen molar-refractivity contribution in [2.45, 2.75) is 65.3 Å². The van der Waals surface area contributed by atoms with E-state index in [0.29, 0.717) is 6.79 Å². The number of rotatable bonds is 1. The molecule has 0 bridgehead atoms. The second kappa shape index (κ2) is 3.59. The van der Waals surface area contributed by atoms with Crippen molar-refractivity contribution in [2.75, 3.05) is 13.9 Å². The van der Waals surface area contributed by atoms with Crippen molar-refractivity contribution in [1.29, 1.82) is 0 Å². The average Bonchev–Trinajstić information content (AvgIpc) is 2.64. The van der Waals surface area contributed by atoms with Crippen LogP contribution in [0.2, 0.25) is 0 Å². The lowest BCUT2D eigenvalue weighted by Gasteiger charge is -2.61. The van der Waals surface area contributed by atoms with E-state index in [-0.39, 0.29) is 5.41 Å². The van der Waals surface area contributed by atoms with Gasteiger partial charge in [0.05, 0.1) is 0 Å². The summed E-state index contributed by atoms with van der Waals surface area (Å²) < 4.78 is 17.9. The molecule has 0 aromatic heterocycles. The van der Waals surface area contributed by atoms with Crippen molar-refractivity contribution in [3.8, 4) is 0 Å². The third-order valence-corrected chi connectivity index (χ3v) is 6.33. The second-order valence-corrected chi connectivity index (χ2v) is 6.59. The fraction of sp³-hybridized carbons (Fsp3) is 0.867. The lowest BCUT2D eigenvalue weighted by atomic mass is 9.52. The first-order valence-electron chi connectivity index (χ1n) is 6.60. The number of methoxy groups -OCH3 is 1. The Morgan fingerprint density at radius 1 is 0.944 bits per heavy atom. The highest BCUT2D eigenvalue weighted by molar-refractivity contribution is 5.41. The minimum atomic E-state index is -0.484. The van der Waals surface area contributed by atoms with Crippen LogP contribution >= 0.6 is 0 Å². The predicted octanol–water partition coefficient (Wildman–Crippen LogP) is 3.29. The monoisotopic (exact) mass is 254 g/mol. The highest BCUT2D eigenvalue weighted by Crippen LogP contribution is 2.61. The third-order valence-electron chi connectivity index (χ3n) is 6.33. The molecule has 0 radical (unpaired) electrons. The number of hydrogen-bond donors (Lipinski definition) is 0. The van der Waals surface area contributed by atoms with Gasteiger partial charge in [-0.15, -0.1) is 0 Å². The summed E-state index contributed by atoms with van der Waals surface area (Å²) in [5.41, 5.74) is 1.15. The van der Waals surface area contributed by atoms with E-state index < -0.39 is 16.8 Å². The molecule has 0 amide bonds. The molecule has 1 heterocycles. The highest BCUT2D eigenvalue weighted by Gasteiger charge is 2.70. The highest BCUT2D eigenvalue weighted by atomic mass is 16.7. The fourth-order valence-electron chi connectivity index (χ4n) is 3.83. The molecule has 1 aliphatic heterocycles. The van der Waals surface area contributed by atoms with Gasteiger partial charge in [-0.05, 0) is 40.2 Å². The van der Waals surface area contributed by atoms with E-state index in [1.807, 2.05) is 0 Å². The zero-order valence-corrected chi connectivity index (χ0v) is 12.9. The van der Waals surface area contributed by atoms with Gasteiger partial charge < -0.3 is 14.2 Å². The molecule has 0 unspecified atom stereocenters. The number of ether oxygens (including phenoxy) is 3. The van der Waals surface area contributed by atoms with Crippen LogP contribution in [0.4, 0.5) is 0 Å². The quantitative estimate of drug-likeness (QED) is 0.672. The first-order chi connectivity index (χ1) is 8.08. The molecule has 104 valence electrons. The SMILES string of the molecule is CO[C@]1(C)C(C)(C)C(C)=C(C)[C@@]2(C)OCO[C@]21C. The maximum Gasteiger partial charge on any atom is 0.149 e. The molecule has 3 atom stereocenters. The zero-order valence-electron chi connectivity index (χ0n) is 12.9. The van der Waals surface area contributed by atoms with Gasteiger partial charge in [0.1, 0.15) is 23.6 Å². The summed E-state index contributed by atoms with van der Waals surface area (Å²) in [6.45, 7) is 15.5. The largest absolute Gasteiger partial charge is 0.374 e. The van der Waals surface area contributed by atoms with Crippen LogP contribution in [0.25, 0.3) is 0 Å². The molecular weight excluding hydrogens is 228 g/mol. The third kappa shape index (κ3) is 1.16. The number of fused-ring (bicyclic) bond motifs is 1. The van der Waals surface area contributed by atoms with Gasteiger partial charge in [-0.3, -0.25) is 0 Å². The van der Waals surface area contributed by atoms with Gasteiger partial charge in [0.15, 0.2) is 0 Å². The van der Waals surface area contributed by atoms with Gasteiger partial charge in [0, 0.05) is 12.5 Å². The maximum atomic E-state index is 6.03. The first kappa shape index (κ1) is 14.0. The Balaban J connectivity index is 2.78. The van der Waals surface area contributed by atoms with E-state index in [2.05, 4.69) is 48.5 Å². The molecule has 1 saturated heterocycles. The van der Waals surface area contributed by atoms with Crippen LogP contribution in [0.1, 0.15) is 48.5 Å². The molecule has 3 nitrogen and oxygen atoms in total. The molecule has 0 saturated carbocycles. The van der Waals surface area contributed by atoms with E-state index in [0.717, 1.165) is 0 Å². The Morgan fingerprint density at radius 2 is 1.50 bits per heavy atom. The van der Waals surface area contributed by atoms with E-state index in [1.165, 1.54) is 11.1 Å². The molecule has 0 aromatic carbocycles. The second-order valence-electron chi connectivity index (χ2n) is 6.59. The van der Waals surface area contributed by atoms with Crippen LogP contribution < -0.4 is 0 Å². The number of hydrogen-bond acceptors (Lipinski definition) is 3. The van der Waals surface area contributed by atoms with Gasteiger partial charge in [-0.25, -0.2) is 0 Å². The molecule has 3 heteroatoms. The lowest BCUT2D eigenvalue weighted by Crippen LogP contribution is -2.71. The average molecular weight is 254 g/mol. The van der Waals surface area contributed by atoms with Gasteiger partial charge in [-0.2, -0.15) is 0 Å². The minimum Gasteiger partial charge on any atom is -0.374 e. The van der Waals surface area contributed by atoms with E-state index in [4.69, 9.17) is 14.2 Å². The summed E-state index contributed by atoms with van der Waals surface area (Å²) in [6.07, 6.45) is 0. The minimum absolute atomic E-state index is 0.103. The van der Waals surface area contributed by atoms with Gasteiger partial charge in [0.25, 0.3) is 0 Å². The normalized spacial score (nSPS) is 47.3. The van der Waals surface area contributed by atoms with Crippen LogP contribution in [0.15, 0.2) is 11.1 Å². The lowest BCUT2D eigenvalue weighted by molar-refractivity contribution is -0.225. The van der Waals surface area contributed by atoms with Gasteiger partial charge in [0.2, 0.25) is 0 Å². The fourth-order valence-corrected chi connectivity index (χ4v) is 3.83. The molecule has 1 fully saturated rings. The predicted molar refractivity (Wildman–Crippen MR) is 71.4 cm³/mol. The van der Waals surface area contributed by atoms with E-state index >= 15 is 0 Å². The molecule has 2 rings (SSSR count). The Labute approximate surface area is 110 Å². The molecule has 0 N–H and O–H groups in total. The van der Waals surface area contributed by atoms with Gasteiger partial charge >= 0.3 is 0 Å². The van der Waals surface area contributed by atoms with Crippen molar-refractivity contribution in [1.82, 2.24) is 0 Å². The van der Waals surface area contributed by atoms with E-state index in [1.54, 1.807) is 7.11 Å². The molecule has 0 spiro atoms. The van der Waals surface area contributed by atoms with Crippen molar-refractivity contribution in [2.24, 2.45) is 5.41 Å².